The Hall–Kier alpha value is -5.69. The third kappa shape index (κ3) is 5.14. The molecule has 0 saturated carbocycles. The second-order valence-electron chi connectivity index (χ2n) is 12.3. The molecule has 4 heterocycles. The Morgan fingerprint density at radius 2 is 1.36 bits per heavy atom. The van der Waals surface area contributed by atoms with Gasteiger partial charge >= 0.3 is 0 Å². The highest BCUT2D eigenvalue weighted by Crippen LogP contribution is 2.36. The van der Waals surface area contributed by atoms with Crippen LogP contribution in [0.5, 0.6) is 0 Å². The molecule has 47 heavy (non-hydrogen) atoms. The van der Waals surface area contributed by atoms with Crippen molar-refractivity contribution >= 4 is 34.0 Å². The summed E-state index contributed by atoms with van der Waals surface area (Å²) < 4.78 is 2.10. The van der Waals surface area contributed by atoms with Gasteiger partial charge in [-0.05, 0) is 76.3 Å². The minimum Gasteiger partial charge on any atom is -0.368 e. The van der Waals surface area contributed by atoms with E-state index in [0.29, 0.717) is 37.4 Å². The molecule has 8 rings (SSSR count). The molecule has 2 aliphatic heterocycles. The maximum Gasteiger partial charge on any atom is 0.270 e. The van der Waals surface area contributed by atoms with Gasteiger partial charge in [-0.2, -0.15) is 0 Å². The van der Waals surface area contributed by atoms with Crippen LogP contribution in [0.2, 0.25) is 0 Å². The molecule has 7 nitrogen and oxygen atoms in total. The molecule has 0 atom stereocenters. The number of piperazine rings is 1. The Morgan fingerprint density at radius 1 is 0.638 bits per heavy atom. The summed E-state index contributed by atoms with van der Waals surface area (Å²) in [5.41, 5.74) is 8.41. The van der Waals surface area contributed by atoms with Gasteiger partial charge in [0.2, 0.25) is 0 Å². The van der Waals surface area contributed by atoms with Crippen LogP contribution >= 0.6 is 0 Å². The molecule has 7 heteroatoms. The normalized spacial score (nSPS) is 14.4. The Morgan fingerprint density at radius 3 is 2.19 bits per heavy atom. The maximum absolute atomic E-state index is 14.7. The summed E-state index contributed by atoms with van der Waals surface area (Å²) in [5.74, 6) is -0.0352. The first-order chi connectivity index (χ1) is 23.1. The van der Waals surface area contributed by atoms with Crippen LogP contribution in [0.15, 0.2) is 122 Å². The fourth-order valence-corrected chi connectivity index (χ4v) is 7.15. The second kappa shape index (κ2) is 11.9. The molecule has 2 aliphatic rings. The van der Waals surface area contributed by atoms with E-state index >= 15 is 0 Å². The zero-order valence-electron chi connectivity index (χ0n) is 26.3. The first kappa shape index (κ1) is 28.8. The number of fused-ring (bicyclic) bond motifs is 3. The van der Waals surface area contributed by atoms with E-state index in [4.69, 9.17) is 0 Å². The van der Waals surface area contributed by atoms with Crippen LogP contribution in [0.25, 0.3) is 21.9 Å². The number of rotatable bonds is 4. The van der Waals surface area contributed by atoms with Gasteiger partial charge in [0.05, 0.1) is 13.1 Å². The highest BCUT2D eigenvalue weighted by Gasteiger charge is 2.31. The molecular formula is C40H35N5O2. The van der Waals surface area contributed by atoms with Crippen molar-refractivity contribution in [2.45, 2.75) is 20.0 Å². The van der Waals surface area contributed by atoms with Crippen LogP contribution in [0.1, 0.15) is 37.7 Å². The van der Waals surface area contributed by atoms with E-state index in [1.807, 2.05) is 76.5 Å². The summed E-state index contributed by atoms with van der Waals surface area (Å²) in [6, 6.07) is 36.5. The summed E-state index contributed by atoms with van der Waals surface area (Å²) in [7, 11) is 0. The average molecular weight is 618 g/mol. The van der Waals surface area contributed by atoms with Gasteiger partial charge in [0, 0.05) is 61.2 Å². The number of anilines is 2. The number of hydrogen-bond acceptors (Lipinski definition) is 4. The minimum atomic E-state index is -0.0625. The number of carbonyl (C=O) groups is 2. The molecule has 2 amide bonds. The Kier molecular flexibility index (Phi) is 7.29. The summed E-state index contributed by atoms with van der Waals surface area (Å²) in [6.07, 6.45) is 3.61. The molecule has 1 fully saturated rings. The van der Waals surface area contributed by atoms with Gasteiger partial charge < -0.3 is 19.3 Å². The molecule has 0 radical (unpaired) electrons. The highest BCUT2D eigenvalue weighted by molar-refractivity contribution is 6.13. The lowest BCUT2D eigenvalue weighted by Gasteiger charge is -2.36. The molecule has 4 aromatic carbocycles. The molecule has 0 aliphatic carbocycles. The zero-order valence-corrected chi connectivity index (χ0v) is 26.3. The van der Waals surface area contributed by atoms with Crippen molar-refractivity contribution in [2.75, 3.05) is 36.0 Å². The summed E-state index contributed by atoms with van der Waals surface area (Å²) in [5, 5.41) is 2.31. The van der Waals surface area contributed by atoms with Crippen LogP contribution in [0, 0.1) is 6.92 Å². The SMILES string of the molecule is Cc1ccc(-c2ccccc2C(=O)N2Cc3ccc(C(=O)N4CCN(c5ccncc5)CC4)n3Cc3ccccc32)c2ccccc12. The van der Waals surface area contributed by atoms with Gasteiger partial charge in [0.25, 0.3) is 11.8 Å². The summed E-state index contributed by atoms with van der Waals surface area (Å²) in [6.45, 7) is 5.83. The number of nitrogens with zero attached hydrogens (tertiary/aromatic N) is 5. The lowest BCUT2D eigenvalue weighted by molar-refractivity contribution is 0.0736. The molecule has 0 unspecified atom stereocenters. The van der Waals surface area contributed by atoms with Gasteiger partial charge in [0.15, 0.2) is 0 Å². The van der Waals surface area contributed by atoms with Crippen molar-refractivity contribution in [3.05, 3.63) is 150 Å². The van der Waals surface area contributed by atoms with Gasteiger partial charge in [0.1, 0.15) is 5.69 Å². The van der Waals surface area contributed by atoms with E-state index in [1.165, 1.54) is 10.9 Å². The monoisotopic (exact) mass is 617 g/mol. The smallest absolute Gasteiger partial charge is 0.270 e. The number of carbonyl (C=O) groups excluding carboxylic acids is 2. The van der Waals surface area contributed by atoms with Crippen LogP contribution in [-0.2, 0) is 13.1 Å². The Balaban J connectivity index is 1.12. The van der Waals surface area contributed by atoms with Crippen molar-refractivity contribution in [2.24, 2.45) is 0 Å². The van der Waals surface area contributed by atoms with Gasteiger partial charge in [-0.3, -0.25) is 14.6 Å². The topological polar surface area (TPSA) is 61.7 Å². The van der Waals surface area contributed by atoms with Gasteiger partial charge in [-0.1, -0.05) is 72.8 Å². The molecule has 6 aromatic rings. The molecule has 1 saturated heterocycles. The zero-order chi connectivity index (χ0) is 31.9. The predicted molar refractivity (Wildman–Crippen MR) is 187 cm³/mol. The predicted octanol–water partition coefficient (Wildman–Crippen LogP) is 7.18. The van der Waals surface area contributed by atoms with Crippen molar-refractivity contribution in [1.29, 1.82) is 0 Å². The molecule has 0 N–H and O–H groups in total. The second-order valence-corrected chi connectivity index (χ2v) is 12.3. The first-order valence-corrected chi connectivity index (χ1v) is 16.2. The molecule has 0 bridgehead atoms. The number of hydrogen-bond donors (Lipinski definition) is 0. The minimum absolute atomic E-state index is 0.0273. The number of aryl methyl sites for hydroxylation is 1. The molecule has 232 valence electrons. The highest BCUT2D eigenvalue weighted by atomic mass is 16.2. The largest absolute Gasteiger partial charge is 0.368 e. The lowest BCUT2D eigenvalue weighted by atomic mass is 9.92. The molecular weight excluding hydrogens is 582 g/mol. The third-order valence-corrected chi connectivity index (χ3v) is 9.65. The quantitative estimate of drug-likeness (QED) is 0.210. The Bertz CT molecular complexity index is 2130. The fourth-order valence-electron chi connectivity index (χ4n) is 7.15. The average Bonchev–Trinajstić information content (AvgIpc) is 3.44. The fraction of sp³-hybridized carbons (Fsp3) is 0.175. The number of amides is 2. The number of benzene rings is 4. The lowest BCUT2D eigenvalue weighted by Crippen LogP contribution is -2.49. The van der Waals surface area contributed by atoms with Crippen LogP contribution < -0.4 is 9.80 Å². The van der Waals surface area contributed by atoms with Crippen molar-refractivity contribution in [3.63, 3.8) is 0 Å². The van der Waals surface area contributed by atoms with Gasteiger partial charge in [-0.25, -0.2) is 0 Å². The van der Waals surface area contributed by atoms with E-state index in [1.54, 1.807) is 12.4 Å². The number of aromatic nitrogens is 2. The first-order valence-electron chi connectivity index (χ1n) is 16.2. The Labute approximate surface area is 274 Å². The van der Waals surface area contributed by atoms with Crippen LogP contribution in [0.3, 0.4) is 0 Å². The van der Waals surface area contributed by atoms with Gasteiger partial charge in [-0.15, -0.1) is 0 Å². The van der Waals surface area contributed by atoms with Crippen LogP contribution in [0.4, 0.5) is 11.4 Å². The molecule has 2 aromatic heterocycles. The number of pyridine rings is 1. The van der Waals surface area contributed by atoms with E-state index in [2.05, 4.69) is 63.8 Å². The summed E-state index contributed by atoms with van der Waals surface area (Å²) >= 11 is 0. The number of para-hydroxylation sites is 1. The van der Waals surface area contributed by atoms with Crippen molar-refractivity contribution in [3.8, 4) is 11.1 Å². The summed E-state index contributed by atoms with van der Waals surface area (Å²) in [4.78, 5) is 38.9. The van der Waals surface area contributed by atoms with Crippen molar-refractivity contribution < 1.29 is 9.59 Å². The van der Waals surface area contributed by atoms with E-state index < -0.39 is 0 Å². The third-order valence-electron chi connectivity index (χ3n) is 9.65. The van der Waals surface area contributed by atoms with E-state index in [-0.39, 0.29) is 11.8 Å². The molecule has 0 spiro atoms. The maximum atomic E-state index is 14.7. The van der Waals surface area contributed by atoms with E-state index in [9.17, 15) is 9.59 Å². The standard InChI is InChI=1S/C40H35N5O2/c1-28-14-16-35(33-10-4-3-9-32(28)33)34-11-5-6-12-36(34)39(46)45-27-31-15-17-38(44(31)26-29-8-2-7-13-37(29)45)40(47)43-24-22-42(23-25-43)30-18-20-41-21-19-30/h2-21H,22-27H2,1H3. The van der Waals surface area contributed by atoms with Crippen LogP contribution in [-0.4, -0.2) is 52.4 Å². The van der Waals surface area contributed by atoms with E-state index in [0.717, 1.165) is 52.2 Å². The van der Waals surface area contributed by atoms with Crippen molar-refractivity contribution in [1.82, 2.24) is 14.5 Å².